The van der Waals surface area contributed by atoms with Gasteiger partial charge in [-0.3, -0.25) is 14.5 Å². The Morgan fingerprint density at radius 1 is 1.20 bits per heavy atom. The molecule has 1 aromatic carbocycles. The van der Waals surface area contributed by atoms with Crippen molar-refractivity contribution < 1.29 is 23.8 Å². The maximum absolute atomic E-state index is 13.4. The van der Waals surface area contributed by atoms with Crippen molar-refractivity contribution >= 4 is 17.5 Å². The molecule has 190 valence electrons. The lowest BCUT2D eigenvalue weighted by Gasteiger charge is -2.36. The van der Waals surface area contributed by atoms with Gasteiger partial charge in [0.25, 0.3) is 5.91 Å². The number of aromatic nitrogens is 2. The summed E-state index contributed by atoms with van der Waals surface area (Å²) >= 11 is 0. The number of methoxy groups -OCH3 is 2. The topological polar surface area (TPSA) is 106 Å². The normalized spacial score (nSPS) is 21.9. The average molecular weight is 486 g/mol. The van der Waals surface area contributed by atoms with Crippen molar-refractivity contribution in [3.8, 4) is 5.75 Å². The van der Waals surface area contributed by atoms with Gasteiger partial charge in [-0.15, -0.1) is 0 Å². The highest BCUT2D eigenvalue weighted by Crippen LogP contribution is 2.26. The number of hydrogen-bond acceptors (Lipinski definition) is 8. The summed E-state index contributed by atoms with van der Waals surface area (Å²) < 4.78 is 16.8. The summed E-state index contributed by atoms with van der Waals surface area (Å²) in [5, 5.41) is 2.75. The van der Waals surface area contributed by atoms with Gasteiger partial charge in [0.05, 0.1) is 11.7 Å². The third-order valence-corrected chi connectivity index (χ3v) is 6.13. The summed E-state index contributed by atoms with van der Waals surface area (Å²) in [4.78, 5) is 37.6. The first-order valence-corrected chi connectivity index (χ1v) is 11.6. The molecule has 0 saturated heterocycles. The Morgan fingerprint density at radius 2 is 1.94 bits per heavy atom. The molecule has 0 bridgehead atoms. The van der Waals surface area contributed by atoms with Gasteiger partial charge < -0.3 is 24.4 Å². The van der Waals surface area contributed by atoms with Crippen molar-refractivity contribution in [2.45, 2.75) is 32.5 Å². The van der Waals surface area contributed by atoms with Crippen LogP contribution in [0.4, 0.5) is 5.69 Å². The Kier molecular flexibility index (Phi) is 9.53. The highest BCUT2D eigenvalue weighted by atomic mass is 16.5. The van der Waals surface area contributed by atoms with E-state index in [1.807, 2.05) is 12.4 Å². The predicted octanol–water partition coefficient (Wildman–Crippen LogP) is 2.07. The first kappa shape index (κ1) is 26.5. The molecular formula is C25H35N5O5. The lowest BCUT2D eigenvalue weighted by Crippen LogP contribution is -2.46. The molecule has 35 heavy (non-hydrogen) atoms. The molecule has 0 radical (unpaired) electrons. The van der Waals surface area contributed by atoms with E-state index in [9.17, 15) is 9.59 Å². The lowest BCUT2D eigenvalue weighted by atomic mass is 10.0. The number of rotatable bonds is 6. The highest BCUT2D eigenvalue weighted by Gasteiger charge is 2.28. The maximum Gasteiger partial charge on any atom is 0.257 e. The number of benzene rings is 1. The van der Waals surface area contributed by atoms with E-state index in [4.69, 9.17) is 14.2 Å². The van der Waals surface area contributed by atoms with Crippen molar-refractivity contribution in [1.29, 1.82) is 0 Å². The van der Waals surface area contributed by atoms with E-state index < -0.39 is 0 Å². The zero-order valence-corrected chi connectivity index (χ0v) is 21.1. The van der Waals surface area contributed by atoms with Gasteiger partial charge >= 0.3 is 0 Å². The molecule has 1 aromatic heterocycles. The van der Waals surface area contributed by atoms with E-state index in [-0.39, 0.29) is 36.5 Å². The van der Waals surface area contributed by atoms with E-state index in [0.717, 1.165) is 12.1 Å². The molecule has 0 spiro atoms. The van der Waals surface area contributed by atoms with E-state index in [1.54, 1.807) is 37.3 Å². The second-order valence-electron chi connectivity index (χ2n) is 8.97. The van der Waals surface area contributed by atoms with Crippen LogP contribution in [0.1, 0.15) is 29.8 Å². The molecule has 1 aliphatic rings. The summed E-state index contributed by atoms with van der Waals surface area (Å²) in [5.41, 5.74) is 1.89. The molecule has 2 aromatic rings. The fourth-order valence-electron chi connectivity index (χ4n) is 4.12. The van der Waals surface area contributed by atoms with Crippen LogP contribution < -0.4 is 10.1 Å². The summed E-state index contributed by atoms with van der Waals surface area (Å²) in [5.74, 6) is 0.0956. The summed E-state index contributed by atoms with van der Waals surface area (Å²) in [6.07, 6.45) is 4.98. The van der Waals surface area contributed by atoms with Gasteiger partial charge in [-0.25, -0.2) is 9.97 Å². The van der Waals surface area contributed by atoms with Gasteiger partial charge in [0.1, 0.15) is 25.3 Å². The number of anilines is 1. The Balaban J connectivity index is 1.92. The Hall–Kier alpha value is -3.08. The first-order valence-electron chi connectivity index (χ1n) is 11.6. The largest absolute Gasteiger partial charge is 0.491 e. The van der Waals surface area contributed by atoms with Gasteiger partial charge in [-0.2, -0.15) is 0 Å². The molecular weight excluding hydrogens is 450 g/mol. The summed E-state index contributed by atoms with van der Waals surface area (Å²) in [6, 6.07) is 5.11. The average Bonchev–Trinajstić information content (AvgIpc) is 2.85. The quantitative estimate of drug-likeness (QED) is 0.663. The van der Waals surface area contributed by atoms with Crippen molar-refractivity contribution in [3.05, 3.63) is 48.0 Å². The van der Waals surface area contributed by atoms with Crippen molar-refractivity contribution in [2.24, 2.45) is 5.92 Å². The van der Waals surface area contributed by atoms with Crippen LogP contribution in [0.2, 0.25) is 0 Å². The maximum atomic E-state index is 13.4. The fourth-order valence-corrected chi connectivity index (χ4v) is 4.12. The number of amides is 2. The SMILES string of the molecule is COCC(=O)Nc1ccc2c(c1)C(=O)N(C)C[C@@H](OC)[C@@H](C)CN(Cc1cncnc1)[C@@H](C)CO2. The molecule has 2 amide bonds. The van der Waals surface area contributed by atoms with Gasteiger partial charge in [0.2, 0.25) is 5.91 Å². The van der Waals surface area contributed by atoms with Crippen LogP contribution >= 0.6 is 0 Å². The number of carbonyl (C=O) groups is 2. The number of nitrogens with one attached hydrogen (secondary N) is 1. The van der Waals surface area contributed by atoms with Crippen LogP contribution in [0.15, 0.2) is 36.9 Å². The Bertz CT molecular complexity index is 989. The van der Waals surface area contributed by atoms with Gasteiger partial charge in [0.15, 0.2) is 0 Å². The van der Waals surface area contributed by atoms with Crippen molar-refractivity contribution in [3.63, 3.8) is 0 Å². The van der Waals surface area contributed by atoms with Crippen LogP contribution in [0.25, 0.3) is 0 Å². The standard InChI is InChI=1S/C25H35N5O5/c1-17-11-30(12-19-9-26-16-27-10-19)18(2)14-35-22-7-6-20(28-24(31)15-33-4)8-21(22)25(32)29(3)13-23(17)34-5/h6-10,16-18,23H,11-15H2,1-5H3,(H,28,31)/t17-,18-,23+/m0/s1. The molecule has 3 rings (SSSR count). The van der Waals surface area contributed by atoms with E-state index >= 15 is 0 Å². The molecule has 3 atom stereocenters. The zero-order valence-electron chi connectivity index (χ0n) is 21.1. The minimum Gasteiger partial charge on any atom is -0.491 e. The molecule has 10 nitrogen and oxygen atoms in total. The Labute approximate surface area is 206 Å². The van der Waals surface area contributed by atoms with Crippen LogP contribution in [-0.2, 0) is 20.8 Å². The predicted molar refractivity (Wildman–Crippen MR) is 131 cm³/mol. The van der Waals surface area contributed by atoms with E-state index in [2.05, 4.69) is 34.0 Å². The summed E-state index contributed by atoms with van der Waals surface area (Å²) in [7, 11) is 4.87. The minimum absolute atomic E-state index is 0.0383. The van der Waals surface area contributed by atoms with Crippen LogP contribution in [0, 0.1) is 5.92 Å². The molecule has 0 saturated carbocycles. The van der Waals surface area contributed by atoms with Gasteiger partial charge in [-0.05, 0) is 31.0 Å². The molecule has 0 fully saturated rings. The van der Waals surface area contributed by atoms with E-state index in [0.29, 0.717) is 36.7 Å². The van der Waals surface area contributed by atoms with Crippen LogP contribution in [-0.4, -0.2) is 91.3 Å². The van der Waals surface area contributed by atoms with Gasteiger partial charge in [-0.1, -0.05) is 6.92 Å². The Morgan fingerprint density at radius 3 is 2.63 bits per heavy atom. The molecule has 1 N–H and O–H groups in total. The zero-order chi connectivity index (χ0) is 25.4. The fraction of sp³-hybridized carbons (Fsp3) is 0.520. The second-order valence-corrected chi connectivity index (χ2v) is 8.97. The third kappa shape index (κ3) is 7.20. The van der Waals surface area contributed by atoms with Gasteiger partial charge in [0, 0.05) is 70.6 Å². The molecule has 1 aliphatic heterocycles. The number of hydrogen-bond donors (Lipinski definition) is 1. The molecule has 2 heterocycles. The molecule has 0 unspecified atom stereocenters. The molecule has 0 aliphatic carbocycles. The number of nitrogens with zero attached hydrogens (tertiary/aromatic N) is 4. The van der Waals surface area contributed by atoms with Crippen molar-refractivity contribution in [1.82, 2.24) is 19.8 Å². The third-order valence-electron chi connectivity index (χ3n) is 6.13. The van der Waals surface area contributed by atoms with Crippen molar-refractivity contribution in [2.75, 3.05) is 52.9 Å². The first-order chi connectivity index (χ1) is 16.8. The lowest BCUT2D eigenvalue weighted by molar-refractivity contribution is -0.119. The summed E-state index contributed by atoms with van der Waals surface area (Å²) in [6.45, 7) is 6.34. The minimum atomic E-state index is -0.301. The monoisotopic (exact) mass is 485 g/mol. The van der Waals surface area contributed by atoms with Crippen LogP contribution in [0.5, 0.6) is 5.75 Å². The molecule has 10 heteroatoms. The smallest absolute Gasteiger partial charge is 0.257 e. The van der Waals surface area contributed by atoms with E-state index in [1.165, 1.54) is 13.4 Å². The van der Waals surface area contributed by atoms with Crippen LogP contribution in [0.3, 0.4) is 0 Å². The second kappa shape index (κ2) is 12.6. The number of ether oxygens (including phenoxy) is 3. The highest BCUT2D eigenvalue weighted by molar-refractivity contribution is 5.99. The number of carbonyl (C=O) groups excluding carboxylic acids is 2. The number of fused-ring (bicyclic) bond motifs is 1. The number of likely N-dealkylation sites (N-methyl/N-ethyl adjacent to an activating group) is 1.